The number of amides is 1. The van der Waals surface area contributed by atoms with Crippen LogP contribution in [0.4, 0.5) is 0 Å². The molecule has 1 aliphatic heterocycles. The summed E-state index contributed by atoms with van der Waals surface area (Å²) in [7, 11) is 0. The maximum atomic E-state index is 12.4. The van der Waals surface area contributed by atoms with Crippen LogP contribution >= 0.6 is 12.1 Å². The molecule has 2 N–H and O–H groups in total. The Morgan fingerprint density at radius 1 is 1.05 bits per heavy atom. The standard InChI is InChI=1S/C16H16N2O2S/c19-14-8-6-12(7-9-14)10-15-16(20)18(21-17-15)11-13-4-2-1-3-5-13/h1-9,15,17,19H,10-11H2. The second-order valence-electron chi connectivity index (χ2n) is 4.99. The highest BCUT2D eigenvalue weighted by Crippen LogP contribution is 2.23. The molecule has 0 radical (unpaired) electrons. The molecule has 2 aromatic rings. The summed E-state index contributed by atoms with van der Waals surface area (Å²) in [6.07, 6.45) is 0.622. The van der Waals surface area contributed by atoms with E-state index in [1.165, 1.54) is 12.1 Å². The van der Waals surface area contributed by atoms with Crippen LogP contribution in [0, 0.1) is 0 Å². The Kier molecular flexibility index (Phi) is 4.13. The number of nitrogens with zero attached hydrogens (tertiary/aromatic N) is 1. The third-order valence-electron chi connectivity index (χ3n) is 3.39. The second-order valence-corrected chi connectivity index (χ2v) is 5.85. The van der Waals surface area contributed by atoms with E-state index in [9.17, 15) is 9.90 Å². The predicted octanol–water partition coefficient (Wildman–Crippen LogP) is 2.50. The summed E-state index contributed by atoms with van der Waals surface area (Å²) < 4.78 is 4.92. The van der Waals surface area contributed by atoms with E-state index in [2.05, 4.69) is 4.72 Å². The molecule has 1 aliphatic rings. The van der Waals surface area contributed by atoms with Crippen molar-refractivity contribution in [3.05, 3.63) is 65.7 Å². The van der Waals surface area contributed by atoms with Crippen LogP contribution in [0.1, 0.15) is 11.1 Å². The van der Waals surface area contributed by atoms with Gasteiger partial charge in [-0.05, 0) is 29.7 Å². The lowest BCUT2D eigenvalue weighted by molar-refractivity contribution is -0.126. The Balaban J connectivity index is 1.62. The first-order chi connectivity index (χ1) is 10.2. The molecule has 1 fully saturated rings. The van der Waals surface area contributed by atoms with Gasteiger partial charge in [-0.15, -0.1) is 0 Å². The third kappa shape index (κ3) is 3.37. The molecule has 0 spiro atoms. The van der Waals surface area contributed by atoms with Crippen molar-refractivity contribution in [1.82, 2.24) is 9.03 Å². The smallest absolute Gasteiger partial charge is 0.252 e. The van der Waals surface area contributed by atoms with Crippen LogP contribution in [0.2, 0.25) is 0 Å². The van der Waals surface area contributed by atoms with Crippen LogP contribution in [-0.2, 0) is 17.8 Å². The first-order valence-corrected chi connectivity index (χ1v) is 7.55. The van der Waals surface area contributed by atoms with E-state index < -0.39 is 0 Å². The van der Waals surface area contributed by atoms with Gasteiger partial charge in [-0.25, -0.2) is 4.72 Å². The summed E-state index contributed by atoms with van der Waals surface area (Å²) in [6, 6.07) is 16.7. The molecule has 1 heterocycles. The molecule has 0 saturated carbocycles. The molecule has 2 aromatic carbocycles. The number of phenols is 1. The molecular weight excluding hydrogens is 284 g/mol. The number of rotatable bonds is 4. The molecule has 5 heteroatoms. The summed E-state index contributed by atoms with van der Waals surface area (Å²) in [5.41, 5.74) is 2.14. The van der Waals surface area contributed by atoms with Gasteiger partial charge in [-0.2, -0.15) is 0 Å². The average Bonchev–Trinajstić information content (AvgIpc) is 2.84. The van der Waals surface area contributed by atoms with E-state index in [0.717, 1.165) is 11.1 Å². The highest BCUT2D eigenvalue weighted by atomic mass is 32.2. The van der Waals surface area contributed by atoms with E-state index in [-0.39, 0.29) is 17.7 Å². The quantitative estimate of drug-likeness (QED) is 0.852. The number of hydrogen-bond acceptors (Lipinski definition) is 4. The minimum Gasteiger partial charge on any atom is -0.508 e. The van der Waals surface area contributed by atoms with Crippen molar-refractivity contribution < 1.29 is 9.90 Å². The number of carbonyl (C=O) groups excluding carboxylic acids is 1. The van der Waals surface area contributed by atoms with Crippen LogP contribution in [0.5, 0.6) is 5.75 Å². The molecule has 4 nitrogen and oxygen atoms in total. The van der Waals surface area contributed by atoms with Crippen molar-refractivity contribution >= 4 is 18.0 Å². The first-order valence-electron chi connectivity index (χ1n) is 6.78. The van der Waals surface area contributed by atoms with Crippen molar-refractivity contribution in [2.24, 2.45) is 0 Å². The Labute approximate surface area is 128 Å². The maximum Gasteiger partial charge on any atom is 0.252 e. The Morgan fingerprint density at radius 2 is 1.76 bits per heavy atom. The Bertz CT molecular complexity index is 616. The minimum atomic E-state index is -0.219. The van der Waals surface area contributed by atoms with Crippen LogP contribution in [0.3, 0.4) is 0 Å². The van der Waals surface area contributed by atoms with Crippen molar-refractivity contribution in [3.8, 4) is 5.75 Å². The van der Waals surface area contributed by atoms with E-state index in [1.54, 1.807) is 16.4 Å². The zero-order chi connectivity index (χ0) is 14.7. The molecule has 108 valence electrons. The second kappa shape index (κ2) is 6.20. The van der Waals surface area contributed by atoms with E-state index in [1.807, 2.05) is 42.5 Å². The molecule has 0 bridgehead atoms. The van der Waals surface area contributed by atoms with Crippen molar-refractivity contribution in [3.63, 3.8) is 0 Å². The summed E-state index contributed by atoms with van der Waals surface area (Å²) in [4.78, 5) is 12.4. The number of hydrogen-bond donors (Lipinski definition) is 2. The molecular formula is C16H16N2O2S. The number of benzene rings is 2. The molecule has 1 amide bonds. The summed E-state index contributed by atoms with van der Waals surface area (Å²) in [5.74, 6) is 0.335. The van der Waals surface area contributed by atoms with Crippen LogP contribution in [0.25, 0.3) is 0 Å². The van der Waals surface area contributed by atoms with Gasteiger partial charge in [-0.1, -0.05) is 42.5 Å². The predicted molar refractivity (Wildman–Crippen MR) is 83.3 cm³/mol. The van der Waals surface area contributed by atoms with Gasteiger partial charge in [0.05, 0.1) is 6.54 Å². The third-order valence-corrected chi connectivity index (χ3v) is 4.31. The molecule has 1 atom stereocenters. The van der Waals surface area contributed by atoms with E-state index in [0.29, 0.717) is 13.0 Å². The van der Waals surface area contributed by atoms with Gasteiger partial charge in [0.25, 0.3) is 5.91 Å². The highest BCUT2D eigenvalue weighted by Gasteiger charge is 2.32. The van der Waals surface area contributed by atoms with E-state index >= 15 is 0 Å². The van der Waals surface area contributed by atoms with Gasteiger partial charge in [0, 0.05) is 12.1 Å². The number of nitrogens with one attached hydrogen (secondary N) is 1. The highest BCUT2D eigenvalue weighted by molar-refractivity contribution is 7.96. The van der Waals surface area contributed by atoms with Crippen LogP contribution in [-0.4, -0.2) is 21.4 Å². The fraction of sp³-hybridized carbons (Fsp3) is 0.188. The van der Waals surface area contributed by atoms with Gasteiger partial charge in [0.2, 0.25) is 0 Å². The fourth-order valence-electron chi connectivity index (χ4n) is 2.25. The molecule has 21 heavy (non-hydrogen) atoms. The zero-order valence-electron chi connectivity index (χ0n) is 11.4. The Morgan fingerprint density at radius 3 is 2.48 bits per heavy atom. The van der Waals surface area contributed by atoms with Crippen LogP contribution in [0.15, 0.2) is 54.6 Å². The van der Waals surface area contributed by atoms with Gasteiger partial charge in [0.1, 0.15) is 11.8 Å². The lowest BCUT2D eigenvalue weighted by atomic mass is 10.1. The van der Waals surface area contributed by atoms with Gasteiger partial charge < -0.3 is 5.11 Å². The number of carbonyl (C=O) groups is 1. The number of aromatic hydroxyl groups is 1. The molecule has 1 unspecified atom stereocenters. The minimum absolute atomic E-state index is 0.0944. The monoisotopic (exact) mass is 300 g/mol. The zero-order valence-corrected chi connectivity index (χ0v) is 12.2. The van der Waals surface area contributed by atoms with Crippen molar-refractivity contribution in [2.45, 2.75) is 19.0 Å². The lowest BCUT2D eigenvalue weighted by Gasteiger charge is -2.13. The lowest BCUT2D eigenvalue weighted by Crippen LogP contribution is -2.32. The van der Waals surface area contributed by atoms with Gasteiger partial charge in [-0.3, -0.25) is 9.10 Å². The van der Waals surface area contributed by atoms with Crippen molar-refractivity contribution in [1.29, 1.82) is 0 Å². The molecule has 0 aliphatic carbocycles. The largest absolute Gasteiger partial charge is 0.508 e. The molecule has 0 aromatic heterocycles. The number of phenolic OH excluding ortho intramolecular Hbond substituents is 1. The SMILES string of the molecule is O=C1C(Cc2ccc(O)cc2)NSN1Cc1ccccc1. The topological polar surface area (TPSA) is 52.6 Å². The summed E-state index contributed by atoms with van der Waals surface area (Å²) in [5, 5.41) is 9.28. The van der Waals surface area contributed by atoms with Crippen molar-refractivity contribution in [2.75, 3.05) is 0 Å². The molecule has 1 saturated heterocycles. The Hall–Kier alpha value is -1.98. The summed E-state index contributed by atoms with van der Waals surface area (Å²) in [6.45, 7) is 0.601. The fourth-order valence-corrected chi connectivity index (χ4v) is 3.12. The van der Waals surface area contributed by atoms with Gasteiger partial charge >= 0.3 is 0 Å². The summed E-state index contributed by atoms with van der Waals surface area (Å²) >= 11 is 1.36. The molecule has 3 rings (SSSR count). The average molecular weight is 300 g/mol. The first kappa shape index (κ1) is 14.0. The normalized spacial score (nSPS) is 18.2. The van der Waals surface area contributed by atoms with Crippen LogP contribution < -0.4 is 4.72 Å². The van der Waals surface area contributed by atoms with Gasteiger partial charge in [0.15, 0.2) is 0 Å². The maximum absolute atomic E-state index is 12.4. The van der Waals surface area contributed by atoms with E-state index in [4.69, 9.17) is 0 Å².